The molecule has 26 heavy (non-hydrogen) atoms. The monoisotopic (exact) mass is 383 g/mol. The van der Waals surface area contributed by atoms with E-state index in [9.17, 15) is 13.2 Å². The van der Waals surface area contributed by atoms with Crippen LogP contribution in [-0.4, -0.2) is 35.3 Å². The fourth-order valence-electron chi connectivity index (χ4n) is 2.89. The third-order valence-corrected chi connectivity index (χ3v) is 5.04. The van der Waals surface area contributed by atoms with Crippen LogP contribution in [-0.2, 0) is 16.7 Å². The number of hydrogen-bond donors (Lipinski definition) is 0. The maximum atomic E-state index is 12.6. The third kappa shape index (κ3) is 4.88. The lowest BCUT2D eigenvalue weighted by Gasteiger charge is -2.36. The van der Waals surface area contributed by atoms with Gasteiger partial charge in [0.2, 0.25) is 0 Å². The fourth-order valence-corrected chi connectivity index (χ4v) is 3.71. The Hall–Kier alpha value is -1.80. The molecular formula is C18H20F3N3OS. The van der Waals surface area contributed by atoms with Crippen molar-refractivity contribution in [2.45, 2.75) is 43.0 Å². The summed E-state index contributed by atoms with van der Waals surface area (Å²) in [6, 6.07) is 7.14. The molecule has 1 aliphatic heterocycles. The Bertz CT molecular complexity index is 729. The van der Waals surface area contributed by atoms with Crippen molar-refractivity contribution in [3.63, 3.8) is 0 Å². The molecule has 2 heterocycles. The Morgan fingerprint density at radius 3 is 2.38 bits per heavy atom. The summed E-state index contributed by atoms with van der Waals surface area (Å²) in [7, 11) is 0. The first kappa shape index (κ1) is 19.0. The number of aromatic nitrogens is 2. The van der Waals surface area contributed by atoms with Crippen LogP contribution in [0.3, 0.4) is 0 Å². The van der Waals surface area contributed by atoms with E-state index in [-0.39, 0.29) is 12.2 Å². The summed E-state index contributed by atoms with van der Waals surface area (Å²) in [6.45, 7) is 5.60. The van der Waals surface area contributed by atoms with Gasteiger partial charge in [-0.05, 0) is 31.5 Å². The number of morpholine rings is 1. The molecule has 1 aromatic heterocycles. The summed E-state index contributed by atoms with van der Waals surface area (Å²) in [4.78, 5) is 10.8. The Balaban J connectivity index is 1.64. The molecule has 0 saturated carbocycles. The molecule has 1 saturated heterocycles. The van der Waals surface area contributed by atoms with Crippen molar-refractivity contribution >= 4 is 17.6 Å². The van der Waals surface area contributed by atoms with Gasteiger partial charge in [0.1, 0.15) is 17.2 Å². The summed E-state index contributed by atoms with van der Waals surface area (Å²) in [5, 5.41) is 0.793. The van der Waals surface area contributed by atoms with Crippen molar-refractivity contribution in [3.05, 3.63) is 47.8 Å². The highest BCUT2D eigenvalue weighted by atomic mass is 32.2. The first-order valence-corrected chi connectivity index (χ1v) is 9.31. The van der Waals surface area contributed by atoms with E-state index >= 15 is 0 Å². The van der Waals surface area contributed by atoms with Crippen LogP contribution in [0.5, 0.6) is 0 Å². The zero-order valence-corrected chi connectivity index (χ0v) is 15.3. The zero-order chi connectivity index (χ0) is 18.7. The summed E-state index contributed by atoms with van der Waals surface area (Å²) in [5.41, 5.74) is 0.183. The first-order chi connectivity index (χ1) is 12.3. The van der Waals surface area contributed by atoms with Crippen LogP contribution >= 0.6 is 11.8 Å². The van der Waals surface area contributed by atoms with Crippen LogP contribution < -0.4 is 4.90 Å². The van der Waals surface area contributed by atoms with Gasteiger partial charge in [0, 0.05) is 24.9 Å². The van der Waals surface area contributed by atoms with E-state index in [1.54, 1.807) is 0 Å². The number of halogens is 3. The van der Waals surface area contributed by atoms with E-state index in [1.807, 2.05) is 19.9 Å². The van der Waals surface area contributed by atoms with Gasteiger partial charge in [-0.25, -0.2) is 9.97 Å². The minimum Gasteiger partial charge on any atom is -0.372 e. The topological polar surface area (TPSA) is 38.2 Å². The van der Waals surface area contributed by atoms with Gasteiger partial charge in [-0.3, -0.25) is 0 Å². The lowest BCUT2D eigenvalue weighted by Crippen LogP contribution is -2.45. The van der Waals surface area contributed by atoms with E-state index < -0.39 is 11.7 Å². The van der Waals surface area contributed by atoms with Crippen LogP contribution in [0.1, 0.15) is 25.0 Å². The van der Waals surface area contributed by atoms with E-state index in [2.05, 4.69) is 14.9 Å². The highest BCUT2D eigenvalue weighted by molar-refractivity contribution is 7.98. The number of nitrogens with zero attached hydrogens (tertiary/aromatic N) is 3. The van der Waals surface area contributed by atoms with E-state index in [0.29, 0.717) is 5.75 Å². The lowest BCUT2D eigenvalue weighted by atomic mass is 10.1. The molecule has 0 aliphatic carbocycles. The molecule has 1 aliphatic rings. The van der Waals surface area contributed by atoms with Crippen molar-refractivity contribution in [2.24, 2.45) is 0 Å². The first-order valence-electron chi connectivity index (χ1n) is 8.32. The molecule has 140 valence electrons. The Kier molecular flexibility index (Phi) is 5.72. The molecule has 2 atom stereocenters. The van der Waals surface area contributed by atoms with Crippen molar-refractivity contribution in [1.29, 1.82) is 0 Å². The Morgan fingerprint density at radius 1 is 1.12 bits per heavy atom. The van der Waals surface area contributed by atoms with Crippen LogP contribution in [0.25, 0.3) is 0 Å². The molecule has 0 spiro atoms. The molecule has 3 rings (SSSR count). The second-order valence-corrected chi connectivity index (χ2v) is 7.36. The standard InChI is InChI=1S/C18H20F3N3OS/c1-12-8-24(9-13(2)25-12)16-7-17(23-11-22-16)26-10-14-3-5-15(6-4-14)18(19,20)21/h3-7,11-13H,8-10H2,1-2H3. The molecule has 2 unspecified atom stereocenters. The Morgan fingerprint density at radius 2 is 1.77 bits per heavy atom. The number of hydrogen-bond acceptors (Lipinski definition) is 5. The molecule has 1 fully saturated rings. The maximum absolute atomic E-state index is 12.6. The molecular weight excluding hydrogens is 363 g/mol. The number of benzene rings is 1. The SMILES string of the molecule is CC1CN(c2cc(SCc3ccc(C(F)(F)F)cc3)ncn2)CC(C)O1. The molecule has 1 aromatic carbocycles. The molecule has 0 N–H and O–H groups in total. The van der Waals surface area contributed by atoms with Crippen molar-refractivity contribution < 1.29 is 17.9 Å². The van der Waals surface area contributed by atoms with E-state index in [0.717, 1.165) is 41.6 Å². The van der Waals surface area contributed by atoms with Crippen LogP contribution in [0, 0.1) is 0 Å². The van der Waals surface area contributed by atoms with Crippen molar-refractivity contribution in [2.75, 3.05) is 18.0 Å². The summed E-state index contributed by atoms with van der Waals surface area (Å²) in [5.74, 6) is 1.39. The molecule has 4 nitrogen and oxygen atoms in total. The van der Waals surface area contributed by atoms with Crippen LogP contribution in [0.4, 0.5) is 19.0 Å². The Labute approximate surface area is 154 Å². The highest BCUT2D eigenvalue weighted by Gasteiger charge is 2.30. The van der Waals surface area contributed by atoms with Gasteiger partial charge in [-0.2, -0.15) is 13.2 Å². The van der Waals surface area contributed by atoms with Gasteiger partial charge in [0.15, 0.2) is 0 Å². The predicted molar refractivity (Wildman–Crippen MR) is 95.3 cm³/mol. The van der Waals surface area contributed by atoms with Gasteiger partial charge in [0.25, 0.3) is 0 Å². The second-order valence-electron chi connectivity index (χ2n) is 6.36. The summed E-state index contributed by atoms with van der Waals surface area (Å²) in [6.07, 6.45) is -2.51. The largest absolute Gasteiger partial charge is 0.416 e. The van der Waals surface area contributed by atoms with Gasteiger partial charge >= 0.3 is 6.18 Å². The maximum Gasteiger partial charge on any atom is 0.416 e. The summed E-state index contributed by atoms with van der Waals surface area (Å²) < 4.78 is 43.6. The number of thioether (sulfide) groups is 1. The fraction of sp³-hybridized carbons (Fsp3) is 0.444. The number of rotatable bonds is 4. The predicted octanol–water partition coefficient (Wildman–Crippen LogP) is 4.40. The molecule has 0 bridgehead atoms. The third-order valence-electron chi connectivity index (χ3n) is 4.04. The van der Waals surface area contributed by atoms with Gasteiger partial charge < -0.3 is 9.64 Å². The van der Waals surface area contributed by atoms with E-state index in [4.69, 9.17) is 4.74 Å². The molecule has 0 amide bonds. The van der Waals surface area contributed by atoms with Gasteiger partial charge in [-0.15, -0.1) is 11.8 Å². The minimum absolute atomic E-state index is 0.136. The summed E-state index contributed by atoms with van der Waals surface area (Å²) >= 11 is 1.48. The van der Waals surface area contributed by atoms with Crippen LogP contribution in [0.2, 0.25) is 0 Å². The van der Waals surface area contributed by atoms with E-state index in [1.165, 1.54) is 30.2 Å². The smallest absolute Gasteiger partial charge is 0.372 e. The molecule has 8 heteroatoms. The quantitative estimate of drug-likeness (QED) is 0.578. The lowest BCUT2D eigenvalue weighted by molar-refractivity contribution is -0.137. The zero-order valence-electron chi connectivity index (χ0n) is 14.5. The average molecular weight is 383 g/mol. The number of ether oxygens (including phenoxy) is 1. The van der Waals surface area contributed by atoms with Gasteiger partial charge in [0.05, 0.1) is 17.8 Å². The number of alkyl halides is 3. The normalized spacial score (nSPS) is 21.0. The molecule has 2 aromatic rings. The van der Waals surface area contributed by atoms with Crippen LogP contribution in [0.15, 0.2) is 41.7 Å². The average Bonchev–Trinajstić information content (AvgIpc) is 2.59. The van der Waals surface area contributed by atoms with Gasteiger partial charge in [-0.1, -0.05) is 12.1 Å². The molecule has 0 radical (unpaired) electrons. The second kappa shape index (κ2) is 7.84. The van der Waals surface area contributed by atoms with Crippen molar-refractivity contribution in [1.82, 2.24) is 9.97 Å². The number of anilines is 1. The minimum atomic E-state index is -4.31. The highest BCUT2D eigenvalue weighted by Crippen LogP contribution is 2.30. The van der Waals surface area contributed by atoms with Crippen molar-refractivity contribution in [3.8, 4) is 0 Å².